The number of hydrogen-bond acceptors (Lipinski definition) is 3. The molecule has 1 aliphatic rings. The highest BCUT2D eigenvalue weighted by Gasteiger charge is 2.36. The Kier molecular flexibility index (Phi) is 6.63. The van der Waals surface area contributed by atoms with E-state index >= 15 is 0 Å². The molecule has 1 atom stereocenters. The average molecular weight is 518 g/mol. The minimum Gasteiger partial charge on any atom is -0.497 e. The molecule has 6 rings (SSSR count). The van der Waals surface area contributed by atoms with Gasteiger partial charge in [0.15, 0.2) is 0 Å². The minimum absolute atomic E-state index is 0.119. The van der Waals surface area contributed by atoms with E-state index in [0.29, 0.717) is 13.1 Å². The Bertz CT molecular complexity index is 1590. The number of hydrogen-bond donors (Lipinski definition) is 1. The number of amides is 2. The molecule has 0 bridgehead atoms. The number of urea groups is 1. The second-order valence-electron chi connectivity index (χ2n) is 9.71. The lowest BCUT2D eigenvalue weighted by molar-refractivity contribution is 0.180. The van der Waals surface area contributed by atoms with Gasteiger partial charge in [-0.15, -0.1) is 0 Å². The number of methoxy groups -OCH3 is 1. The summed E-state index contributed by atoms with van der Waals surface area (Å²) in [5.74, 6) is 1.70. The van der Waals surface area contributed by atoms with Crippen molar-refractivity contribution in [1.29, 1.82) is 0 Å². The summed E-state index contributed by atoms with van der Waals surface area (Å²) in [5.41, 5.74) is 6.03. The average Bonchev–Trinajstić information content (AvgIpc) is 3.54. The number of rotatable bonds is 6. The topological polar surface area (TPSA) is 64.3 Å². The quantitative estimate of drug-likeness (QED) is 0.308. The molecule has 2 aromatic heterocycles. The van der Waals surface area contributed by atoms with Gasteiger partial charge in [-0.2, -0.15) is 5.10 Å². The summed E-state index contributed by atoms with van der Waals surface area (Å²) in [6, 6.07) is 32.0. The fourth-order valence-corrected chi connectivity index (χ4v) is 5.37. The molecule has 0 fully saturated rings. The maximum absolute atomic E-state index is 14.0. The van der Waals surface area contributed by atoms with E-state index in [-0.39, 0.29) is 12.1 Å². The molecule has 3 heterocycles. The molecule has 196 valence electrons. The molecule has 2 amide bonds. The third-order valence-corrected chi connectivity index (χ3v) is 7.29. The van der Waals surface area contributed by atoms with Crippen molar-refractivity contribution in [2.45, 2.75) is 25.9 Å². The second-order valence-corrected chi connectivity index (χ2v) is 9.71. The summed E-state index contributed by atoms with van der Waals surface area (Å²) in [5, 5.41) is 8.11. The van der Waals surface area contributed by atoms with E-state index in [9.17, 15) is 4.79 Å². The van der Waals surface area contributed by atoms with Crippen molar-refractivity contribution in [1.82, 2.24) is 24.6 Å². The van der Waals surface area contributed by atoms with Crippen LogP contribution in [0.1, 0.15) is 34.1 Å². The second kappa shape index (κ2) is 10.5. The van der Waals surface area contributed by atoms with E-state index in [4.69, 9.17) is 9.84 Å². The van der Waals surface area contributed by atoms with E-state index < -0.39 is 0 Å². The summed E-state index contributed by atoms with van der Waals surface area (Å²) in [6.45, 7) is 2.97. The van der Waals surface area contributed by atoms with Crippen LogP contribution in [0.5, 0.6) is 5.75 Å². The van der Waals surface area contributed by atoms with Crippen molar-refractivity contribution in [2.75, 3.05) is 13.7 Å². The van der Waals surface area contributed by atoms with Gasteiger partial charge in [0.2, 0.25) is 0 Å². The molecule has 7 nitrogen and oxygen atoms in total. The van der Waals surface area contributed by atoms with E-state index in [1.807, 2.05) is 89.3 Å². The fourth-order valence-electron chi connectivity index (χ4n) is 5.37. The molecule has 1 N–H and O–H groups in total. The molecule has 0 aliphatic carbocycles. The predicted molar refractivity (Wildman–Crippen MR) is 152 cm³/mol. The standard InChI is InChI=1S/C32H31N5O2/c1-23-28-22-36(32(38)33-19-18-24-11-5-3-6-12-24)30(25-13-9-16-27(21-25)39-2)29-17-10-20-35(29)31(28)37(34-23)26-14-7-4-8-15-26/h3-17,20-21,30H,18-19,22H2,1-2H3,(H,33,38)/t30-/m0/s1. The van der Waals surface area contributed by atoms with Gasteiger partial charge in [-0.25, -0.2) is 9.48 Å². The maximum atomic E-state index is 14.0. The molecular formula is C32H31N5O2. The number of benzene rings is 3. The first kappa shape index (κ1) is 24.6. The van der Waals surface area contributed by atoms with Crippen LogP contribution >= 0.6 is 0 Å². The van der Waals surface area contributed by atoms with Crippen LogP contribution < -0.4 is 10.1 Å². The first-order valence-electron chi connectivity index (χ1n) is 13.2. The van der Waals surface area contributed by atoms with Crippen LogP contribution in [0.15, 0.2) is 103 Å². The number of carbonyl (C=O) groups excluding carboxylic acids is 1. The monoisotopic (exact) mass is 517 g/mol. The lowest BCUT2D eigenvalue weighted by atomic mass is 10.0. The van der Waals surface area contributed by atoms with Crippen LogP contribution in [0.25, 0.3) is 11.5 Å². The van der Waals surface area contributed by atoms with Crippen LogP contribution in [0.3, 0.4) is 0 Å². The Morgan fingerprint density at radius 1 is 0.974 bits per heavy atom. The summed E-state index contributed by atoms with van der Waals surface area (Å²) in [7, 11) is 1.66. The van der Waals surface area contributed by atoms with Gasteiger partial charge in [0.25, 0.3) is 0 Å². The summed E-state index contributed by atoms with van der Waals surface area (Å²) >= 11 is 0. The number of carbonyl (C=O) groups is 1. The summed E-state index contributed by atoms with van der Waals surface area (Å²) in [4.78, 5) is 15.9. The minimum atomic E-state index is -0.331. The molecular weight excluding hydrogens is 486 g/mol. The van der Waals surface area contributed by atoms with Gasteiger partial charge < -0.3 is 19.5 Å². The fraction of sp³-hybridized carbons (Fsp3) is 0.188. The van der Waals surface area contributed by atoms with Gasteiger partial charge >= 0.3 is 6.03 Å². The molecule has 5 aromatic rings. The first-order chi connectivity index (χ1) is 19.1. The number of nitrogens with zero attached hydrogens (tertiary/aromatic N) is 4. The summed E-state index contributed by atoms with van der Waals surface area (Å²) < 4.78 is 9.71. The van der Waals surface area contributed by atoms with Crippen molar-refractivity contribution >= 4 is 6.03 Å². The highest BCUT2D eigenvalue weighted by Crippen LogP contribution is 2.39. The van der Waals surface area contributed by atoms with Gasteiger partial charge in [0.1, 0.15) is 11.6 Å². The first-order valence-corrected chi connectivity index (χ1v) is 13.2. The van der Waals surface area contributed by atoms with Crippen molar-refractivity contribution < 1.29 is 9.53 Å². The molecule has 3 aromatic carbocycles. The zero-order valence-electron chi connectivity index (χ0n) is 22.1. The number of aromatic nitrogens is 3. The third-order valence-electron chi connectivity index (χ3n) is 7.29. The van der Waals surface area contributed by atoms with E-state index in [2.05, 4.69) is 40.3 Å². The van der Waals surface area contributed by atoms with Crippen molar-refractivity contribution in [3.05, 3.63) is 131 Å². The number of aryl methyl sites for hydroxylation is 1. The van der Waals surface area contributed by atoms with Crippen LogP contribution in [0.2, 0.25) is 0 Å². The van der Waals surface area contributed by atoms with Gasteiger partial charge in [0.05, 0.1) is 36.8 Å². The number of para-hydroxylation sites is 1. The van der Waals surface area contributed by atoms with E-state index in [1.165, 1.54) is 5.56 Å². The van der Waals surface area contributed by atoms with Crippen molar-refractivity contribution in [2.24, 2.45) is 0 Å². The SMILES string of the molecule is COc1cccc([C@H]2c3cccn3-c3c(c(C)nn3-c3ccccc3)CN2C(=O)NCCc2ccccc2)c1. The van der Waals surface area contributed by atoms with Crippen LogP contribution in [-0.2, 0) is 13.0 Å². The molecule has 0 unspecified atom stereocenters. The maximum Gasteiger partial charge on any atom is 0.318 e. The van der Waals surface area contributed by atoms with Gasteiger partial charge in [-0.1, -0.05) is 60.7 Å². The number of nitrogens with one attached hydrogen (secondary N) is 1. The van der Waals surface area contributed by atoms with E-state index in [1.54, 1.807) is 7.11 Å². The highest BCUT2D eigenvalue weighted by atomic mass is 16.5. The molecule has 0 spiro atoms. The van der Waals surface area contributed by atoms with Crippen LogP contribution in [0, 0.1) is 6.92 Å². The van der Waals surface area contributed by atoms with Crippen molar-refractivity contribution in [3.8, 4) is 17.3 Å². The lowest BCUT2D eigenvalue weighted by Gasteiger charge is -2.31. The Labute approximate surface area is 228 Å². The predicted octanol–water partition coefficient (Wildman–Crippen LogP) is 5.84. The van der Waals surface area contributed by atoms with E-state index in [0.717, 1.165) is 46.2 Å². The Morgan fingerprint density at radius 3 is 2.51 bits per heavy atom. The van der Waals surface area contributed by atoms with Crippen LogP contribution in [-0.4, -0.2) is 38.9 Å². The van der Waals surface area contributed by atoms with Crippen LogP contribution in [0.4, 0.5) is 4.79 Å². The Morgan fingerprint density at radius 2 is 1.74 bits per heavy atom. The largest absolute Gasteiger partial charge is 0.497 e. The normalized spacial score (nSPS) is 14.3. The van der Waals surface area contributed by atoms with Gasteiger partial charge in [-0.3, -0.25) is 0 Å². The zero-order valence-corrected chi connectivity index (χ0v) is 22.1. The molecule has 0 saturated carbocycles. The Hall–Kier alpha value is -4.78. The third kappa shape index (κ3) is 4.68. The number of ether oxygens (including phenoxy) is 1. The molecule has 0 radical (unpaired) electrons. The van der Waals surface area contributed by atoms with Crippen molar-refractivity contribution in [3.63, 3.8) is 0 Å². The smallest absolute Gasteiger partial charge is 0.318 e. The molecule has 0 saturated heterocycles. The van der Waals surface area contributed by atoms with Gasteiger partial charge in [-0.05, 0) is 60.9 Å². The summed E-state index contributed by atoms with van der Waals surface area (Å²) in [6.07, 6.45) is 2.82. The molecule has 1 aliphatic heterocycles. The zero-order chi connectivity index (χ0) is 26.8. The Balaban J connectivity index is 1.44. The number of fused-ring (bicyclic) bond motifs is 3. The highest BCUT2D eigenvalue weighted by molar-refractivity contribution is 5.76. The lowest BCUT2D eigenvalue weighted by Crippen LogP contribution is -2.42. The van der Waals surface area contributed by atoms with Gasteiger partial charge in [0, 0.05) is 18.3 Å². The molecule has 39 heavy (non-hydrogen) atoms. The molecule has 7 heteroatoms.